The average molecular weight is 382 g/mol. The van der Waals surface area contributed by atoms with Gasteiger partial charge in [-0.15, -0.1) is 5.10 Å². The number of ketones is 1. The number of carbonyl (C=O) groups is 3. The minimum Gasteiger partial charge on any atom is -0.326 e. The van der Waals surface area contributed by atoms with E-state index in [1.165, 1.54) is 18.7 Å². The molecular weight excluding hydrogens is 364 g/mol. The van der Waals surface area contributed by atoms with Crippen LogP contribution in [0.1, 0.15) is 23.7 Å². The van der Waals surface area contributed by atoms with Crippen molar-refractivity contribution < 1.29 is 14.4 Å². The molecule has 1 saturated heterocycles. The SMILES string of the molecule is CC(=O)c1cccc(NC(=O)CC2S/C(=N/Nc3ccccc3)NC2=O)c1. The molecule has 138 valence electrons. The van der Waals surface area contributed by atoms with Crippen LogP contribution in [0.3, 0.4) is 0 Å². The maximum absolute atomic E-state index is 12.2. The number of hydrogen-bond acceptors (Lipinski definition) is 6. The second-order valence-electron chi connectivity index (χ2n) is 5.88. The molecular formula is C19H18N4O3S. The monoisotopic (exact) mass is 382 g/mol. The summed E-state index contributed by atoms with van der Waals surface area (Å²) >= 11 is 1.20. The summed E-state index contributed by atoms with van der Waals surface area (Å²) in [5.74, 6) is -0.648. The van der Waals surface area contributed by atoms with Crippen LogP contribution in [0.15, 0.2) is 59.7 Å². The van der Waals surface area contributed by atoms with Crippen LogP contribution < -0.4 is 16.1 Å². The molecule has 0 aromatic heterocycles. The molecule has 7 nitrogen and oxygen atoms in total. The molecule has 27 heavy (non-hydrogen) atoms. The van der Waals surface area contributed by atoms with Gasteiger partial charge in [-0.1, -0.05) is 42.1 Å². The summed E-state index contributed by atoms with van der Waals surface area (Å²) in [6.45, 7) is 1.46. The Morgan fingerprint density at radius 2 is 1.85 bits per heavy atom. The zero-order chi connectivity index (χ0) is 19.2. The molecule has 0 bridgehead atoms. The van der Waals surface area contributed by atoms with Crippen LogP contribution in [0.25, 0.3) is 0 Å². The fourth-order valence-electron chi connectivity index (χ4n) is 2.42. The Hall–Kier alpha value is -3.13. The second kappa shape index (κ2) is 8.50. The smallest absolute Gasteiger partial charge is 0.240 e. The van der Waals surface area contributed by atoms with Crippen molar-refractivity contribution in [2.75, 3.05) is 10.7 Å². The van der Waals surface area contributed by atoms with Crippen molar-refractivity contribution in [3.8, 4) is 0 Å². The third-order valence-electron chi connectivity index (χ3n) is 3.76. The van der Waals surface area contributed by atoms with Gasteiger partial charge in [0.05, 0.1) is 5.69 Å². The predicted molar refractivity (Wildman–Crippen MR) is 107 cm³/mol. The summed E-state index contributed by atoms with van der Waals surface area (Å²) in [7, 11) is 0. The van der Waals surface area contributed by atoms with E-state index in [0.717, 1.165) is 5.69 Å². The van der Waals surface area contributed by atoms with E-state index in [1.807, 2.05) is 30.3 Å². The molecule has 2 amide bonds. The highest BCUT2D eigenvalue weighted by atomic mass is 32.2. The van der Waals surface area contributed by atoms with E-state index in [0.29, 0.717) is 16.4 Å². The standard InChI is InChI=1S/C19H18N4O3S/c1-12(24)13-6-5-9-15(10-13)20-17(25)11-16-18(26)21-19(27-16)23-22-14-7-3-2-4-8-14/h2-10,16,22H,11H2,1H3,(H,20,25)(H,21,23,26). The summed E-state index contributed by atoms with van der Waals surface area (Å²) in [6.07, 6.45) is 0.00512. The van der Waals surface area contributed by atoms with E-state index in [-0.39, 0.29) is 24.0 Å². The van der Waals surface area contributed by atoms with Gasteiger partial charge in [-0.25, -0.2) is 0 Å². The van der Waals surface area contributed by atoms with Crippen molar-refractivity contribution in [3.05, 3.63) is 60.2 Å². The van der Waals surface area contributed by atoms with Gasteiger partial charge in [-0.3, -0.25) is 19.8 Å². The molecule has 1 unspecified atom stereocenters. The molecule has 0 saturated carbocycles. The highest BCUT2D eigenvalue weighted by molar-refractivity contribution is 8.15. The maximum atomic E-state index is 12.2. The number of para-hydroxylation sites is 1. The van der Waals surface area contributed by atoms with Crippen molar-refractivity contribution in [3.63, 3.8) is 0 Å². The van der Waals surface area contributed by atoms with Gasteiger partial charge in [0.1, 0.15) is 5.25 Å². The maximum Gasteiger partial charge on any atom is 0.240 e. The number of thioether (sulfide) groups is 1. The fraction of sp³-hybridized carbons (Fsp3) is 0.158. The zero-order valence-electron chi connectivity index (χ0n) is 14.6. The van der Waals surface area contributed by atoms with Crippen LogP contribution in [0.2, 0.25) is 0 Å². The molecule has 2 aromatic rings. The molecule has 1 atom stereocenters. The summed E-state index contributed by atoms with van der Waals surface area (Å²) in [6, 6.07) is 16.0. The summed E-state index contributed by atoms with van der Waals surface area (Å²) < 4.78 is 0. The summed E-state index contributed by atoms with van der Waals surface area (Å²) in [4.78, 5) is 35.7. The summed E-state index contributed by atoms with van der Waals surface area (Å²) in [5.41, 5.74) is 4.69. The first-order chi connectivity index (χ1) is 13.0. The minimum absolute atomic E-state index is 0.00512. The minimum atomic E-state index is -0.558. The van der Waals surface area contributed by atoms with E-state index in [4.69, 9.17) is 0 Å². The van der Waals surface area contributed by atoms with E-state index in [1.54, 1.807) is 24.3 Å². The Morgan fingerprint density at radius 1 is 1.11 bits per heavy atom. The number of benzene rings is 2. The third kappa shape index (κ3) is 5.18. The molecule has 8 heteroatoms. The Bertz CT molecular complexity index is 899. The highest BCUT2D eigenvalue weighted by Crippen LogP contribution is 2.23. The van der Waals surface area contributed by atoms with Gasteiger partial charge in [0.2, 0.25) is 11.8 Å². The van der Waals surface area contributed by atoms with Crippen LogP contribution in [-0.2, 0) is 9.59 Å². The lowest BCUT2D eigenvalue weighted by Gasteiger charge is -2.08. The zero-order valence-corrected chi connectivity index (χ0v) is 15.4. The Labute approximate surface area is 160 Å². The molecule has 0 radical (unpaired) electrons. The lowest BCUT2D eigenvalue weighted by Crippen LogP contribution is -2.28. The topological polar surface area (TPSA) is 99.7 Å². The van der Waals surface area contributed by atoms with Gasteiger partial charge < -0.3 is 10.6 Å². The first-order valence-corrected chi connectivity index (χ1v) is 9.16. The Morgan fingerprint density at radius 3 is 2.59 bits per heavy atom. The van der Waals surface area contributed by atoms with Crippen LogP contribution in [-0.4, -0.2) is 28.0 Å². The lowest BCUT2D eigenvalue weighted by molar-refractivity contribution is -0.122. The van der Waals surface area contributed by atoms with Crippen molar-refractivity contribution in [2.45, 2.75) is 18.6 Å². The number of nitrogens with one attached hydrogen (secondary N) is 3. The van der Waals surface area contributed by atoms with E-state index >= 15 is 0 Å². The second-order valence-corrected chi connectivity index (χ2v) is 7.07. The Balaban J connectivity index is 1.56. The molecule has 1 aliphatic heterocycles. The molecule has 0 aliphatic carbocycles. The van der Waals surface area contributed by atoms with Crippen LogP contribution in [0.4, 0.5) is 11.4 Å². The quantitative estimate of drug-likeness (QED) is 0.527. The molecule has 1 aliphatic rings. The largest absolute Gasteiger partial charge is 0.326 e. The van der Waals surface area contributed by atoms with Crippen molar-refractivity contribution in [2.24, 2.45) is 5.10 Å². The van der Waals surface area contributed by atoms with Gasteiger partial charge in [0.25, 0.3) is 0 Å². The van der Waals surface area contributed by atoms with Gasteiger partial charge in [-0.05, 0) is 31.2 Å². The number of nitrogens with zero attached hydrogens (tertiary/aromatic N) is 1. The number of amides is 2. The van der Waals surface area contributed by atoms with E-state index in [2.05, 4.69) is 21.2 Å². The Kier molecular flexibility index (Phi) is 5.87. The number of anilines is 2. The normalized spacial score (nSPS) is 17.4. The van der Waals surface area contributed by atoms with Gasteiger partial charge in [0.15, 0.2) is 11.0 Å². The van der Waals surface area contributed by atoms with Crippen LogP contribution in [0, 0.1) is 0 Å². The highest BCUT2D eigenvalue weighted by Gasteiger charge is 2.32. The average Bonchev–Trinajstić information content (AvgIpc) is 3.00. The number of rotatable bonds is 6. The van der Waals surface area contributed by atoms with E-state index < -0.39 is 5.25 Å². The molecule has 1 fully saturated rings. The molecule has 2 aromatic carbocycles. The lowest BCUT2D eigenvalue weighted by atomic mass is 10.1. The van der Waals surface area contributed by atoms with Crippen LogP contribution >= 0.6 is 11.8 Å². The van der Waals surface area contributed by atoms with Gasteiger partial charge in [-0.2, -0.15) is 0 Å². The first-order valence-electron chi connectivity index (χ1n) is 8.28. The number of carbonyl (C=O) groups excluding carboxylic acids is 3. The number of hydrazone groups is 1. The van der Waals surface area contributed by atoms with Crippen LogP contribution in [0.5, 0.6) is 0 Å². The van der Waals surface area contributed by atoms with Gasteiger partial charge >= 0.3 is 0 Å². The molecule has 1 heterocycles. The first kappa shape index (κ1) is 18.7. The van der Waals surface area contributed by atoms with Gasteiger partial charge in [0, 0.05) is 17.7 Å². The molecule has 0 spiro atoms. The van der Waals surface area contributed by atoms with Crippen molar-refractivity contribution >= 4 is 45.9 Å². The summed E-state index contributed by atoms with van der Waals surface area (Å²) in [5, 5.41) is 9.38. The van der Waals surface area contributed by atoms with E-state index in [9.17, 15) is 14.4 Å². The fourth-order valence-corrected chi connectivity index (χ4v) is 3.34. The third-order valence-corrected chi connectivity index (χ3v) is 4.84. The molecule has 3 N–H and O–H groups in total. The van der Waals surface area contributed by atoms with Crippen molar-refractivity contribution in [1.29, 1.82) is 0 Å². The molecule has 3 rings (SSSR count). The predicted octanol–water partition coefficient (Wildman–Crippen LogP) is 2.83. The number of amidine groups is 1. The number of hydrogen-bond donors (Lipinski definition) is 3. The van der Waals surface area contributed by atoms with Crippen molar-refractivity contribution in [1.82, 2.24) is 5.32 Å². The number of Topliss-reactive ketones (excluding diaryl/α,β-unsaturated/α-hetero) is 1.